The maximum absolute atomic E-state index is 13.3. The summed E-state index contributed by atoms with van der Waals surface area (Å²) in [7, 11) is 0. The first-order valence-corrected chi connectivity index (χ1v) is 8.00. The fourth-order valence-electron chi connectivity index (χ4n) is 2.65. The van der Waals surface area contributed by atoms with Gasteiger partial charge < -0.3 is 0 Å². The fraction of sp³-hybridized carbons (Fsp3) is 0.105. The largest absolute Gasteiger partial charge is 0.296 e. The Kier molecular flexibility index (Phi) is 4.76. The van der Waals surface area contributed by atoms with E-state index in [2.05, 4.69) is 16.7 Å². The Morgan fingerprint density at radius 3 is 2.48 bits per heavy atom. The maximum Gasteiger partial charge on any atom is 0.147 e. The van der Waals surface area contributed by atoms with Gasteiger partial charge >= 0.3 is 0 Å². The number of imidazole rings is 1. The number of hydrogen-bond donors (Lipinski definition) is 0. The van der Waals surface area contributed by atoms with Crippen molar-refractivity contribution in [1.82, 2.24) is 14.5 Å². The summed E-state index contributed by atoms with van der Waals surface area (Å²) in [6.45, 7) is 7.27. The van der Waals surface area contributed by atoms with Crippen molar-refractivity contribution < 1.29 is 4.39 Å². The third kappa shape index (κ3) is 3.37. The second kappa shape index (κ2) is 6.99. The molecule has 0 radical (unpaired) electrons. The molecule has 0 unspecified atom stereocenters. The van der Waals surface area contributed by atoms with Crippen molar-refractivity contribution in [3.05, 3.63) is 70.7 Å². The van der Waals surface area contributed by atoms with Gasteiger partial charge in [0.05, 0.1) is 5.69 Å². The van der Waals surface area contributed by atoms with Crippen LogP contribution in [-0.4, -0.2) is 21.3 Å². The second-order valence-electron chi connectivity index (χ2n) is 5.48. The average Bonchev–Trinajstić information content (AvgIpc) is 2.90. The lowest BCUT2D eigenvalue weighted by atomic mass is 10.2. The third-order valence-corrected chi connectivity index (χ3v) is 4.07. The van der Waals surface area contributed by atoms with Gasteiger partial charge in [-0.1, -0.05) is 11.6 Å². The molecule has 2 aromatic heterocycles. The third-order valence-electron chi connectivity index (χ3n) is 3.86. The lowest BCUT2D eigenvalue weighted by Gasteiger charge is -2.12. The molecule has 0 bridgehead atoms. The first-order chi connectivity index (χ1) is 12.0. The highest BCUT2D eigenvalue weighted by atomic mass is 35.5. The van der Waals surface area contributed by atoms with Crippen LogP contribution in [0.15, 0.2) is 47.6 Å². The minimum atomic E-state index is -0.289. The number of rotatable bonds is 4. The van der Waals surface area contributed by atoms with Gasteiger partial charge in [-0.05, 0) is 63.0 Å². The molecule has 2 heterocycles. The predicted molar refractivity (Wildman–Crippen MR) is 99.8 cm³/mol. The highest BCUT2D eigenvalue weighted by Crippen LogP contribution is 2.29. The van der Waals surface area contributed by atoms with Gasteiger partial charge in [0.2, 0.25) is 0 Å². The van der Waals surface area contributed by atoms with Crippen molar-refractivity contribution >= 4 is 24.4 Å². The number of aryl methyl sites for hydroxylation is 1. The molecule has 0 N–H and O–H groups in total. The second-order valence-corrected chi connectivity index (χ2v) is 5.87. The van der Waals surface area contributed by atoms with Crippen molar-refractivity contribution in [3.63, 3.8) is 0 Å². The van der Waals surface area contributed by atoms with Crippen molar-refractivity contribution in [3.8, 4) is 17.1 Å². The zero-order valence-electron chi connectivity index (χ0n) is 13.9. The van der Waals surface area contributed by atoms with Crippen molar-refractivity contribution in [1.29, 1.82) is 0 Å². The van der Waals surface area contributed by atoms with Crippen LogP contribution in [0.4, 0.5) is 4.39 Å². The van der Waals surface area contributed by atoms with Crippen LogP contribution in [0, 0.1) is 19.7 Å². The molecular weight excluding hydrogens is 339 g/mol. The van der Waals surface area contributed by atoms with Crippen LogP contribution in [-0.2, 0) is 0 Å². The number of benzene rings is 1. The van der Waals surface area contributed by atoms with Crippen molar-refractivity contribution in [2.75, 3.05) is 0 Å². The van der Waals surface area contributed by atoms with E-state index in [0.717, 1.165) is 28.3 Å². The molecule has 4 nitrogen and oxygen atoms in total. The molecule has 0 atom stereocenters. The van der Waals surface area contributed by atoms with Crippen LogP contribution in [0.5, 0.6) is 0 Å². The van der Waals surface area contributed by atoms with Gasteiger partial charge in [0.25, 0.3) is 0 Å². The van der Waals surface area contributed by atoms with Crippen molar-refractivity contribution in [2.45, 2.75) is 13.8 Å². The van der Waals surface area contributed by atoms with E-state index in [1.54, 1.807) is 30.5 Å². The van der Waals surface area contributed by atoms with Crippen LogP contribution < -0.4 is 0 Å². The van der Waals surface area contributed by atoms with Crippen LogP contribution in [0.25, 0.3) is 23.2 Å². The summed E-state index contributed by atoms with van der Waals surface area (Å²) in [5.41, 5.74) is 4.07. The quantitative estimate of drug-likeness (QED) is 0.488. The lowest BCUT2D eigenvalue weighted by Crippen LogP contribution is -2.01. The Morgan fingerprint density at radius 1 is 1.12 bits per heavy atom. The Labute approximate surface area is 150 Å². The summed E-state index contributed by atoms with van der Waals surface area (Å²) in [5, 5.41) is 0.425. The van der Waals surface area contributed by atoms with Crippen LogP contribution in [0.2, 0.25) is 5.15 Å². The molecule has 0 fully saturated rings. The molecule has 6 heteroatoms. The lowest BCUT2D eigenvalue weighted by molar-refractivity contribution is 0.627. The molecule has 0 aliphatic rings. The van der Waals surface area contributed by atoms with Crippen LogP contribution in [0.3, 0.4) is 0 Å². The van der Waals surface area contributed by atoms with Gasteiger partial charge in [-0.15, -0.1) is 0 Å². The summed E-state index contributed by atoms with van der Waals surface area (Å²) < 4.78 is 15.3. The number of aromatic nitrogens is 3. The molecular formula is C19H16ClFN4. The van der Waals surface area contributed by atoms with Gasteiger partial charge in [0.1, 0.15) is 16.8 Å². The molecule has 3 rings (SSSR count). The topological polar surface area (TPSA) is 43.1 Å². The Morgan fingerprint density at radius 2 is 1.84 bits per heavy atom. The van der Waals surface area contributed by atoms with E-state index in [1.807, 2.05) is 24.5 Å². The molecule has 3 aromatic rings. The maximum atomic E-state index is 13.3. The van der Waals surface area contributed by atoms with Crippen molar-refractivity contribution in [2.24, 2.45) is 4.99 Å². The Hall–Kier alpha value is -2.79. The monoisotopic (exact) mass is 354 g/mol. The molecule has 0 saturated heterocycles. The Bertz CT molecular complexity index is 958. The van der Waals surface area contributed by atoms with Crippen LogP contribution >= 0.6 is 11.6 Å². The smallest absolute Gasteiger partial charge is 0.147 e. The fourth-order valence-corrected chi connectivity index (χ4v) is 2.84. The number of halogens is 2. The molecule has 25 heavy (non-hydrogen) atoms. The first kappa shape index (κ1) is 17.0. The Balaban J connectivity index is 2.27. The first-order valence-electron chi connectivity index (χ1n) is 7.62. The molecule has 126 valence electrons. The predicted octanol–water partition coefficient (Wildman–Crippen LogP) is 5.01. The van der Waals surface area contributed by atoms with Gasteiger partial charge in [-0.25, -0.2) is 14.4 Å². The van der Waals surface area contributed by atoms with Gasteiger partial charge in [0, 0.05) is 28.8 Å². The highest BCUT2D eigenvalue weighted by molar-refractivity contribution is 6.29. The van der Waals surface area contributed by atoms with E-state index in [0.29, 0.717) is 11.0 Å². The SMILES string of the molecule is C=N/C=C\c1nc(-c2ccc(Cl)nc2C)n(-c2ccc(F)cc2)c1C. The highest BCUT2D eigenvalue weighted by Gasteiger charge is 2.17. The van der Waals surface area contributed by atoms with E-state index in [1.165, 1.54) is 12.1 Å². The number of hydrogen-bond acceptors (Lipinski definition) is 3. The standard InChI is InChI=1S/C19H16ClFN4/c1-12-16(8-9-18(20)23-12)19-24-17(10-11-22-3)13(2)25(19)15-6-4-14(21)5-7-15/h4-11H,3H2,1-2H3/b11-10-. The van der Waals surface area contributed by atoms with Gasteiger partial charge in [0.15, 0.2) is 0 Å². The average molecular weight is 355 g/mol. The molecule has 0 aliphatic heterocycles. The van der Waals surface area contributed by atoms with Gasteiger partial charge in [-0.3, -0.25) is 9.56 Å². The summed E-state index contributed by atoms with van der Waals surface area (Å²) in [6, 6.07) is 9.88. The minimum absolute atomic E-state index is 0.289. The molecule has 0 amide bonds. The number of aliphatic imine (C=N–C) groups is 1. The molecule has 0 aliphatic carbocycles. The molecule has 0 spiro atoms. The normalized spacial score (nSPS) is 11.2. The van der Waals surface area contributed by atoms with E-state index >= 15 is 0 Å². The number of nitrogens with zero attached hydrogens (tertiary/aromatic N) is 4. The summed E-state index contributed by atoms with van der Waals surface area (Å²) in [5.74, 6) is 0.415. The zero-order valence-corrected chi connectivity index (χ0v) is 14.6. The van der Waals surface area contributed by atoms with E-state index in [9.17, 15) is 4.39 Å². The van der Waals surface area contributed by atoms with Gasteiger partial charge in [-0.2, -0.15) is 0 Å². The van der Waals surface area contributed by atoms with E-state index in [4.69, 9.17) is 16.6 Å². The summed E-state index contributed by atoms with van der Waals surface area (Å²) in [6.07, 6.45) is 3.37. The summed E-state index contributed by atoms with van der Waals surface area (Å²) in [4.78, 5) is 12.8. The molecule has 1 aromatic carbocycles. The summed E-state index contributed by atoms with van der Waals surface area (Å²) >= 11 is 5.97. The number of pyridine rings is 1. The van der Waals surface area contributed by atoms with E-state index < -0.39 is 0 Å². The molecule has 0 saturated carbocycles. The van der Waals surface area contributed by atoms with Crippen LogP contribution in [0.1, 0.15) is 17.1 Å². The zero-order chi connectivity index (χ0) is 18.0. The van der Waals surface area contributed by atoms with E-state index in [-0.39, 0.29) is 5.82 Å². The minimum Gasteiger partial charge on any atom is -0.296 e.